The zero-order valence-electron chi connectivity index (χ0n) is 27.0. The van der Waals surface area contributed by atoms with Gasteiger partial charge in [0.15, 0.2) is 5.82 Å². The first kappa shape index (κ1) is 29.3. The molecule has 0 aliphatic carbocycles. The number of benzene rings is 5. The van der Waals surface area contributed by atoms with Crippen LogP contribution in [0.15, 0.2) is 176 Å². The number of pyridine rings is 3. The minimum atomic E-state index is 0.704. The lowest BCUT2D eigenvalue weighted by atomic mass is 10.0. The van der Waals surface area contributed by atoms with Crippen LogP contribution in [0.2, 0.25) is 0 Å². The molecular formula is C45H29N5. The molecule has 5 nitrogen and oxygen atoms in total. The van der Waals surface area contributed by atoms with Crippen molar-refractivity contribution in [3.8, 4) is 67.7 Å². The average molecular weight is 640 g/mol. The minimum absolute atomic E-state index is 0.704. The molecule has 9 rings (SSSR count). The van der Waals surface area contributed by atoms with Crippen LogP contribution in [0.25, 0.3) is 89.5 Å². The van der Waals surface area contributed by atoms with Gasteiger partial charge in [-0.15, -0.1) is 0 Å². The summed E-state index contributed by atoms with van der Waals surface area (Å²) in [5.41, 5.74) is 12.7. The summed E-state index contributed by atoms with van der Waals surface area (Å²) in [6.45, 7) is 0. The van der Waals surface area contributed by atoms with Crippen LogP contribution in [0.1, 0.15) is 0 Å². The topological polar surface area (TPSA) is 64.5 Å². The summed E-state index contributed by atoms with van der Waals surface area (Å²) in [6, 6.07) is 58.0. The highest BCUT2D eigenvalue weighted by molar-refractivity contribution is 5.90. The molecule has 0 aliphatic heterocycles. The van der Waals surface area contributed by atoms with Crippen LogP contribution in [-0.4, -0.2) is 24.9 Å². The first-order valence-corrected chi connectivity index (χ1v) is 16.6. The second kappa shape index (κ2) is 12.6. The smallest absolute Gasteiger partial charge is 0.160 e. The summed E-state index contributed by atoms with van der Waals surface area (Å²) >= 11 is 0. The molecule has 4 heterocycles. The molecule has 5 aromatic carbocycles. The van der Waals surface area contributed by atoms with Gasteiger partial charge in [-0.3, -0.25) is 4.98 Å². The third kappa shape index (κ3) is 5.78. The number of rotatable bonds is 6. The molecule has 9 aromatic rings. The van der Waals surface area contributed by atoms with Gasteiger partial charge in [0.1, 0.15) is 0 Å². The van der Waals surface area contributed by atoms with Gasteiger partial charge >= 0.3 is 0 Å². The highest BCUT2D eigenvalue weighted by atomic mass is 14.9. The standard InChI is InChI=1S/C45H29N5/c1-3-9-30(10-4-1)43-29-44(50-45(49-43)34-11-5-2-6-12-34)32-16-14-31(15-17-32)38-24-22-37-27-35(21-23-39(37)47-38)36-19-18-33-20-25-41(48-42(33)28-36)40-13-7-8-26-46-40/h1-29H. The lowest BCUT2D eigenvalue weighted by Gasteiger charge is -2.10. The molecule has 234 valence electrons. The Hall–Kier alpha value is -6.85. The van der Waals surface area contributed by atoms with Gasteiger partial charge in [-0.25, -0.2) is 19.9 Å². The molecule has 0 fully saturated rings. The van der Waals surface area contributed by atoms with E-state index in [2.05, 4.69) is 102 Å². The molecule has 50 heavy (non-hydrogen) atoms. The van der Waals surface area contributed by atoms with Crippen LogP contribution in [0.3, 0.4) is 0 Å². The van der Waals surface area contributed by atoms with Crippen molar-refractivity contribution in [1.29, 1.82) is 0 Å². The first-order valence-electron chi connectivity index (χ1n) is 16.6. The van der Waals surface area contributed by atoms with Crippen LogP contribution in [0.4, 0.5) is 0 Å². The van der Waals surface area contributed by atoms with Crippen molar-refractivity contribution in [2.45, 2.75) is 0 Å². The Morgan fingerprint density at radius 2 is 0.840 bits per heavy atom. The van der Waals surface area contributed by atoms with Gasteiger partial charge in [0.05, 0.1) is 39.5 Å². The Kier molecular flexibility index (Phi) is 7.41. The Bertz CT molecular complexity index is 2560. The van der Waals surface area contributed by atoms with Crippen molar-refractivity contribution >= 4 is 21.8 Å². The van der Waals surface area contributed by atoms with Crippen LogP contribution in [0.5, 0.6) is 0 Å². The van der Waals surface area contributed by atoms with Gasteiger partial charge < -0.3 is 0 Å². The van der Waals surface area contributed by atoms with Crippen molar-refractivity contribution < 1.29 is 0 Å². The van der Waals surface area contributed by atoms with E-state index in [1.807, 2.05) is 72.8 Å². The van der Waals surface area contributed by atoms with Gasteiger partial charge in [0.25, 0.3) is 0 Å². The van der Waals surface area contributed by atoms with Crippen molar-refractivity contribution in [3.63, 3.8) is 0 Å². The molecule has 0 N–H and O–H groups in total. The largest absolute Gasteiger partial charge is 0.255 e. The van der Waals surface area contributed by atoms with Gasteiger partial charge in [0.2, 0.25) is 0 Å². The SMILES string of the molecule is c1ccc(-c2cc(-c3ccc(-c4ccc5cc(-c6ccc7ccc(-c8ccccn8)nc7c6)ccc5n4)cc3)nc(-c3ccccc3)n2)cc1. The highest BCUT2D eigenvalue weighted by Crippen LogP contribution is 2.31. The maximum absolute atomic E-state index is 5.04. The summed E-state index contributed by atoms with van der Waals surface area (Å²) in [6.07, 6.45) is 1.80. The van der Waals surface area contributed by atoms with E-state index in [-0.39, 0.29) is 0 Å². The summed E-state index contributed by atoms with van der Waals surface area (Å²) in [7, 11) is 0. The zero-order valence-corrected chi connectivity index (χ0v) is 27.0. The Balaban J connectivity index is 1.01. The lowest BCUT2D eigenvalue weighted by Crippen LogP contribution is -1.96. The van der Waals surface area contributed by atoms with Crippen LogP contribution in [-0.2, 0) is 0 Å². The maximum Gasteiger partial charge on any atom is 0.160 e. The number of nitrogens with zero attached hydrogens (tertiary/aromatic N) is 5. The fourth-order valence-corrected chi connectivity index (χ4v) is 6.30. The van der Waals surface area contributed by atoms with E-state index in [4.69, 9.17) is 19.9 Å². The Morgan fingerprint density at radius 1 is 0.280 bits per heavy atom. The predicted molar refractivity (Wildman–Crippen MR) is 203 cm³/mol. The highest BCUT2D eigenvalue weighted by Gasteiger charge is 2.12. The monoisotopic (exact) mass is 639 g/mol. The molecule has 0 saturated heterocycles. The van der Waals surface area contributed by atoms with Gasteiger partial charge in [0, 0.05) is 39.2 Å². The Labute approximate surface area is 289 Å². The molecule has 0 bridgehead atoms. The lowest BCUT2D eigenvalue weighted by molar-refractivity contribution is 1.18. The average Bonchev–Trinajstić information content (AvgIpc) is 3.21. The van der Waals surface area contributed by atoms with Crippen LogP contribution in [0, 0.1) is 0 Å². The van der Waals surface area contributed by atoms with Gasteiger partial charge in [-0.1, -0.05) is 121 Å². The van der Waals surface area contributed by atoms with E-state index < -0.39 is 0 Å². The van der Waals surface area contributed by atoms with Crippen molar-refractivity contribution in [3.05, 3.63) is 176 Å². The molecule has 5 heteroatoms. The molecule has 0 aliphatic rings. The number of hydrogen-bond acceptors (Lipinski definition) is 5. The summed E-state index contributed by atoms with van der Waals surface area (Å²) < 4.78 is 0. The molecular weight excluding hydrogens is 611 g/mol. The normalized spacial score (nSPS) is 11.2. The van der Waals surface area contributed by atoms with E-state index in [1.54, 1.807) is 6.20 Å². The quantitative estimate of drug-likeness (QED) is 0.181. The summed E-state index contributed by atoms with van der Waals surface area (Å²) in [5.74, 6) is 0.704. The van der Waals surface area contributed by atoms with Crippen molar-refractivity contribution in [2.75, 3.05) is 0 Å². The maximum atomic E-state index is 5.04. The van der Waals surface area contributed by atoms with E-state index in [0.717, 1.165) is 83.7 Å². The van der Waals surface area contributed by atoms with E-state index in [0.29, 0.717) is 5.82 Å². The molecule has 0 saturated carbocycles. The molecule has 0 atom stereocenters. The molecule has 0 radical (unpaired) electrons. The number of fused-ring (bicyclic) bond motifs is 2. The van der Waals surface area contributed by atoms with E-state index in [9.17, 15) is 0 Å². The van der Waals surface area contributed by atoms with Crippen molar-refractivity contribution in [2.24, 2.45) is 0 Å². The van der Waals surface area contributed by atoms with Crippen LogP contribution >= 0.6 is 0 Å². The van der Waals surface area contributed by atoms with E-state index in [1.165, 1.54) is 0 Å². The molecule has 0 unspecified atom stereocenters. The van der Waals surface area contributed by atoms with Crippen molar-refractivity contribution in [1.82, 2.24) is 24.9 Å². The van der Waals surface area contributed by atoms with Crippen LogP contribution < -0.4 is 0 Å². The zero-order chi connectivity index (χ0) is 33.3. The molecule has 4 aromatic heterocycles. The fourth-order valence-electron chi connectivity index (χ4n) is 6.30. The second-order valence-electron chi connectivity index (χ2n) is 12.2. The third-order valence-electron chi connectivity index (χ3n) is 8.95. The van der Waals surface area contributed by atoms with E-state index >= 15 is 0 Å². The summed E-state index contributed by atoms with van der Waals surface area (Å²) in [5, 5.41) is 2.18. The summed E-state index contributed by atoms with van der Waals surface area (Å²) in [4.78, 5) is 24.3. The predicted octanol–water partition coefficient (Wildman–Crippen LogP) is 11.0. The molecule has 0 amide bonds. The third-order valence-corrected chi connectivity index (χ3v) is 8.95. The fraction of sp³-hybridized carbons (Fsp3) is 0. The second-order valence-corrected chi connectivity index (χ2v) is 12.2. The number of hydrogen-bond donors (Lipinski definition) is 0. The first-order chi connectivity index (χ1) is 24.7. The van der Waals surface area contributed by atoms with Gasteiger partial charge in [-0.05, 0) is 59.7 Å². The number of aromatic nitrogens is 5. The van der Waals surface area contributed by atoms with Gasteiger partial charge in [-0.2, -0.15) is 0 Å². The Morgan fingerprint density at radius 3 is 1.58 bits per heavy atom. The molecule has 0 spiro atoms. The minimum Gasteiger partial charge on any atom is -0.255 e.